The molecule has 0 aliphatic rings. The molecule has 0 amide bonds. The van der Waals surface area contributed by atoms with Crippen molar-refractivity contribution in [2.75, 3.05) is 0 Å². The number of carbonyl (C=O) groups is 2. The van der Waals surface area contributed by atoms with Crippen molar-refractivity contribution >= 4 is 12.1 Å². The van der Waals surface area contributed by atoms with Gasteiger partial charge in [-0.2, -0.15) is 0 Å². The molecule has 2 heteroatoms. The zero-order valence-corrected chi connectivity index (χ0v) is 13.2. The van der Waals surface area contributed by atoms with E-state index in [9.17, 15) is 9.59 Å². The zero-order chi connectivity index (χ0) is 15.7. The van der Waals surface area contributed by atoms with Crippen molar-refractivity contribution < 1.29 is 9.59 Å². The van der Waals surface area contributed by atoms with Gasteiger partial charge in [0.25, 0.3) is 0 Å². The molecular weight excluding hydrogens is 260 g/mol. The molecule has 21 heavy (non-hydrogen) atoms. The Bertz CT molecular complexity index is 719. The molecule has 0 spiro atoms. The molecule has 2 aromatic rings. The number of aldehydes is 1. The molecular formula is C19H20O2. The third-order valence-corrected chi connectivity index (χ3v) is 4.08. The highest BCUT2D eigenvalue weighted by molar-refractivity contribution is 6.13. The lowest BCUT2D eigenvalue weighted by Gasteiger charge is -2.15. The fourth-order valence-electron chi connectivity index (χ4n) is 3.03. The van der Waals surface area contributed by atoms with Gasteiger partial charge in [0, 0.05) is 16.7 Å². The van der Waals surface area contributed by atoms with Gasteiger partial charge >= 0.3 is 0 Å². The number of ketones is 1. The Kier molecular flexibility index (Phi) is 4.08. The van der Waals surface area contributed by atoms with Crippen molar-refractivity contribution in [3.8, 4) is 0 Å². The van der Waals surface area contributed by atoms with Gasteiger partial charge in [-0.05, 0) is 62.4 Å². The normalized spacial score (nSPS) is 10.5. The first-order valence-electron chi connectivity index (χ1n) is 7.05. The number of hydrogen-bond donors (Lipinski definition) is 0. The maximum atomic E-state index is 13.0. The fourth-order valence-corrected chi connectivity index (χ4v) is 3.03. The predicted octanol–water partition coefficient (Wildman–Crippen LogP) is 4.27. The maximum absolute atomic E-state index is 13.0. The van der Waals surface area contributed by atoms with E-state index < -0.39 is 0 Å². The molecule has 0 saturated carbocycles. The fraction of sp³-hybridized carbons (Fsp3) is 0.263. The lowest BCUT2D eigenvalue weighted by Crippen LogP contribution is -2.12. The minimum atomic E-state index is 0.00343. The summed E-state index contributed by atoms with van der Waals surface area (Å²) in [7, 11) is 0. The number of benzene rings is 2. The van der Waals surface area contributed by atoms with Crippen LogP contribution in [0.15, 0.2) is 24.3 Å². The van der Waals surface area contributed by atoms with Crippen molar-refractivity contribution in [2.24, 2.45) is 0 Å². The molecule has 2 rings (SSSR count). The van der Waals surface area contributed by atoms with E-state index in [1.165, 1.54) is 0 Å². The van der Waals surface area contributed by atoms with Gasteiger partial charge in [0.05, 0.1) is 0 Å². The van der Waals surface area contributed by atoms with Crippen LogP contribution >= 0.6 is 0 Å². The van der Waals surface area contributed by atoms with E-state index in [-0.39, 0.29) is 5.78 Å². The Balaban J connectivity index is 2.73. The molecule has 0 unspecified atom stereocenters. The highest BCUT2D eigenvalue weighted by atomic mass is 16.1. The van der Waals surface area contributed by atoms with Gasteiger partial charge in [0.15, 0.2) is 12.1 Å². The molecule has 0 bridgehead atoms. The minimum absolute atomic E-state index is 0.00343. The van der Waals surface area contributed by atoms with E-state index >= 15 is 0 Å². The smallest absolute Gasteiger partial charge is 0.194 e. The maximum Gasteiger partial charge on any atom is 0.194 e. The summed E-state index contributed by atoms with van der Waals surface area (Å²) >= 11 is 0. The average Bonchev–Trinajstić information content (AvgIpc) is 2.38. The second-order valence-corrected chi connectivity index (χ2v) is 5.64. The number of rotatable bonds is 3. The third-order valence-electron chi connectivity index (χ3n) is 4.08. The SMILES string of the molecule is Cc1cc(C)c(C(=O)c2c(C)cccc2C)c(C)c1C=O. The highest BCUT2D eigenvalue weighted by Crippen LogP contribution is 2.26. The molecule has 0 atom stereocenters. The molecule has 0 heterocycles. The van der Waals surface area contributed by atoms with E-state index in [1.54, 1.807) is 0 Å². The zero-order valence-electron chi connectivity index (χ0n) is 13.2. The molecule has 0 aliphatic heterocycles. The lowest BCUT2D eigenvalue weighted by atomic mass is 9.87. The molecule has 0 N–H and O–H groups in total. The Hall–Kier alpha value is -2.22. The largest absolute Gasteiger partial charge is 0.298 e. The van der Waals surface area contributed by atoms with Crippen molar-refractivity contribution in [2.45, 2.75) is 34.6 Å². The second-order valence-electron chi connectivity index (χ2n) is 5.64. The first kappa shape index (κ1) is 15.2. The minimum Gasteiger partial charge on any atom is -0.298 e. The highest BCUT2D eigenvalue weighted by Gasteiger charge is 2.20. The summed E-state index contributed by atoms with van der Waals surface area (Å²) in [5.74, 6) is 0.00343. The topological polar surface area (TPSA) is 34.1 Å². The Morgan fingerprint density at radius 1 is 0.857 bits per heavy atom. The summed E-state index contributed by atoms with van der Waals surface area (Å²) in [6.45, 7) is 9.57. The first-order valence-corrected chi connectivity index (χ1v) is 7.05. The summed E-state index contributed by atoms with van der Waals surface area (Å²) < 4.78 is 0. The Morgan fingerprint density at radius 3 is 1.95 bits per heavy atom. The summed E-state index contributed by atoms with van der Waals surface area (Å²) in [4.78, 5) is 24.3. The molecule has 2 nitrogen and oxygen atoms in total. The number of carbonyl (C=O) groups excluding carboxylic acids is 2. The van der Waals surface area contributed by atoms with Crippen LogP contribution in [0.5, 0.6) is 0 Å². The van der Waals surface area contributed by atoms with E-state index in [4.69, 9.17) is 0 Å². The van der Waals surface area contributed by atoms with Crippen LogP contribution in [0.4, 0.5) is 0 Å². The lowest BCUT2D eigenvalue weighted by molar-refractivity contribution is 0.103. The van der Waals surface area contributed by atoms with Gasteiger partial charge in [-0.25, -0.2) is 0 Å². The van der Waals surface area contributed by atoms with Gasteiger partial charge in [0.1, 0.15) is 0 Å². The molecule has 0 radical (unpaired) electrons. The number of aryl methyl sites for hydroxylation is 4. The van der Waals surface area contributed by atoms with Crippen LogP contribution in [-0.4, -0.2) is 12.1 Å². The van der Waals surface area contributed by atoms with Crippen LogP contribution in [0.1, 0.15) is 54.1 Å². The van der Waals surface area contributed by atoms with Crippen LogP contribution in [-0.2, 0) is 0 Å². The van der Waals surface area contributed by atoms with Gasteiger partial charge in [-0.15, -0.1) is 0 Å². The number of hydrogen-bond acceptors (Lipinski definition) is 2. The van der Waals surface area contributed by atoms with Crippen molar-refractivity contribution in [3.05, 3.63) is 68.8 Å². The van der Waals surface area contributed by atoms with Gasteiger partial charge in [0.2, 0.25) is 0 Å². The van der Waals surface area contributed by atoms with E-state index in [2.05, 4.69) is 0 Å². The molecule has 0 saturated heterocycles. The summed E-state index contributed by atoms with van der Waals surface area (Å²) in [5.41, 5.74) is 6.55. The van der Waals surface area contributed by atoms with E-state index in [0.29, 0.717) is 11.1 Å². The van der Waals surface area contributed by atoms with Crippen LogP contribution in [0, 0.1) is 34.6 Å². The van der Waals surface area contributed by atoms with Gasteiger partial charge in [-0.1, -0.05) is 24.3 Å². The van der Waals surface area contributed by atoms with Crippen LogP contribution in [0.25, 0.3) is 0 Å². The Labute approximate surface area is 125 Å². The third kappa shape index (κ3) is 2.54. The van der Waals surface area contributed by atoms with Crippen molar-refractivity contribution in [1.82, 2.24) is 0 Å². The standard InChI is InChI=1S/C19H20O2/c1-11-7-6-8-12(2)17(11)19(21)18-14(4)9-13(3)16(10-20)15(18)5/h6-10H,1-5H3. The van der Waals surface area contributed by atoms with Crippen molar-refractivity contribution in [1.29, 1.82) is 0 Å². The molecule has 2 aromatic carbocycles. The first-order chi connectivity index (χ1) is 9.88. The Morgan fingerprint density at radius 2 is 1.43 bits per heavy atom. The average molecular weight is 280 g/mol. The van der Waals surface area contributed by atoms with Crippen LogP contribution in [0.2, 0.25) is 0 Å². The quantitative estimate of drug-likeness (QED) is 0.621. The molecule has 0 aliphatic carbocycles. The van der Waals surface area contributed by atoms with Gasteiger partial charge in [-0.3, -0.25) is 9.59 Å². The molecule has 0 fully saturated rings. The monoisotopic (exact) mass is 280 g/mol. The molecule has 108 valence electrons. The van der Waals surface area contributed by atoms with Gasteiger partial charge < -0.3 is 0 Å². The summed E-state index contributed by atoms with van der Waals surface area (Å²) in [5, 5.41) is 0. The summed E-state index contributed by atoms with van der Waals surface area (Å²) in [6, 6.07) is 7.75. The van der Waals surface area contributed by atoms with E-state index in [0.717, 1.165) is 39.7 Å². The van der Waals surface area contributed by atoms with E-state index in [1.807, 2.05) is 58.9 Å². The second kappa shape index (κ2) is 5.65. The van der Waals surface area contributed by atoms with Crippen LogP contribution in [0.3, 0.4) is 0 Å². The van der Waals surface area contributed by atoms with Crippen LogP contribution < -0.4 is 0 Å². The molecule has 0 aromatic heterocycles. The van der Waals surface area contributed by atoms with Crippen molar-refractivity contribution in [3.63, 3.8) is 0 Å². The predicted molar refractivity (Wildman–Crippen MR) is 85.4 cm³/mol. The summed E-state index contributed by atoms with van der Waals surface area (Å²) in [6.07, 6.45) is 0.839.